The second-order valence-corrected chi connectivity index (χ2v) is 6.72. The molecule has 0 saturated carbocycles. The lowest BCUT2D eigenvalue weighted by molar-refractivity contribution is 0.374. The van der Waals surface area contributed by atoms with Crippen LogP contribution in [0.2, 0.25) is 0 Å². The molecule has 0 atom stereocenters. The summed E-state index contributed by atoms with van der Waals surface area (Å²) < 4.78 is 38.1. The van der Waals surface area contributed by atoms with Gasteiger partial charge in [0.05, 0.1) is 9.80 Å². The molecule has 2 aliphatic rings. The van der Waals surface area contributed by atoms with Crippen molar-refractivity contribution in [1.29, 1.82) is 0 Å². The van der Waals surface area contributed by atoms with Crippen LogP contribution in [0.25, 0.3) is 6.08 Å². The van der Waals surface area contributed by atoms with Crippen LogP contribution in [-0.4, -0.2) is 33.0 Å². The zero-order valence-electron chi connectivity index (χ0n) is 9.89. The van der Waals surface area contributed by atoms with E-state index in [1.165, 1.54) is 24.3 Å². The highest BCUT2D eigenvalue weighted by Gasteiger charge is 2.32. The predicted molar refractivity (Wildman–Crippen MR) is 67.2 cm³/mol. The molecule has 1 aromatic rings. The van der Waals surface area contributed by atoms with Crippen molar-refractivity contribution in [3.8, 4) is 0 Å². The van der Waals surface area contributed by atoms with E-state index in [1.807, 2.05) is 0 Å². The van der Waals surface area contributed by atoms with E-state index in [-0.39, 0.29) is 10.5 Å². The molecule has 0 amide bonds. The maximum Gasteiger partial charge on any atom is 0.204 e. The molecule has 1 aromatic carbocycles. The number of hydrogen-bond donors (Lipinski definition) is 0. The number of halogens is 1. The standard InChI is InChI=1S/C13H14FNO2S/c14-12-4-3-5-13-11(12)8-10(18(13,16)17)9-15-6-1-2-7-15/h3-5,8H,1-2,6-7,9H2. The molecule has 0 aliphatic carbocycles. The van der Waals surface area contributed by atoms with Crippen LogP contribution < -0.4 is 0 Å². The smallest absolute Gasteiger partial charge is 0.204 e. The Morgan fingerprint density at radius 1 is 1.22 bits per heavy atom. The predicted octanol–water partition coefficient (Wildman–Crippen LogP) is 2.05. The Morgan fingerprint density at radius 3 is 2.61 bits per heavy atom. The summed E-state index contributed by atoms with van der Waals surface area (Å²) in [5.74, 6) is -0.465. The molecule has 2 aliphatic heterocycles. The van der Waals surface area contributed by atoms with Gasteiger partial charge >= 0.3 is 0 Å². The van der Waals surface area contributed by atoms with Gasteiger partial charge in [-0.1, -0.05) is 6.07 Å². The van der Waals surface area contributed by atoms with Gasteiger partial charge in [-0.3, -0.25) is 4.90 Å². The van der Waals surface area contributed by atoms with Crippen molar-refractivity contribution in [1.82, 2.24) is 4.90 Å². The van der Waals surface area contributed by atoms with Crippen LogP contribution in [0.3, 0.4) is 0 Å². The van der Waals surface area contributed by atoms with Gasteiger partial charge < -0.3 is 0 Å². The van der Waals surface area contributed by atoms with Crippen molar-refractivity contribution in [2.45, 2.75) is 17.7 Å². The van der Waals surface area contributed by atoms with Gasteiger partial charge in [0.1, 0.15) is 5.82 Å². The number of sulfone groups is 1. The number of benzene rings is 1. The zero-order chi connectivity index (χ0) is 12.8. The molecule has 0 aromatic heterocycles. The Labute approximate surface area is 106 Å². The summed E-state index contributed by atoms with van der Waals surface area (Å²) in [4.78, 5) is 2.54. The Balaban J connectivity index is 1.98. The Hall–Kier alpha value is -1.20. The van der Waals surface area contributed by atoms with E-state index in [0.29, 0.717) is 11.4 Å². The third kappa shape index (κ3) is 1.78. The lowest BCUT2D eigenvalue weighted by atomic mass is 10.2. The number of nitrogens with zero attached hydrogens (tertiary/aromatic N) is 1. The van der Waals surface area contributed by atoms with E-state index in [0.717, 1.165) is 25.9 Å². The van der Waals surface area contributed by atoms with Crippen LogP contribution in [-0.2, 0) is 9.84 Å². The highest BCUT2D eigenvalue weighted by atomic mass is 32.2. The second kappa shape index (κ2) is 4.17. The molecule has 1 fully saturated rings. The monoisotopic (exact) mass is 267 g/mol. The van der Waals surface area contributed by atoms with Crippen molar-refractivity contribution < 1.29 is 12.8 Å². The minimum Gasteiger partial charge on any atom is -0.298 e. The molecule has 0 radical (unpaired) electrons. The summed E-state index contributed by atoms with van der Waals surface area (Å²) in [6.45, 7) is 2.24. The van der Waals surface area contributed by atoms with Crippen molar-refractivity contribution >= 4 is 15.9 Å². The third-order valence-corrected chi connectivity index (χ3v) is 5.40. The molecule has 5 heteroatoms. The first-order valence-corrected chi connectivity index (χ1v) is 7.54. The van der Waals surface area contributed by atoms with E-state index in [2.05, 4.69) is 4.90 Å². The van der Waals surface area contributed by atoms with Crippen LogP contribution in [0.15, 0.2) is 28.0 Å². The summed E-state index contributed by atoms with van der Waals surface area (Å²) in [6, 6.07) is 4.21. The SMILES string of the molecule is O=S1(=O)C(CN2CCCC2)=Cc2c(F)cccc21. The minimum atomic E-state index is -3.48. The number of hydrogen-bond acceptors (Lipinski definition) is 3. The molecular formula is C13H14FNO2S. The number of likely N-dealkylation sites (tertiary alicyclic amines) is 1. The maximum atomic E-state index is 13.6. The lowest BCUT2D eigenvalue weighted by Crippen LogP contribution is -2.23. The first kappa shape index (κ1) is 11.9. The Morgan fingerprint density at radius 2 is 1.94 bits per heavy atom. The van der Waals surface area contributed by atoms with Gasteiger partial charge in [0.2, 0.25) is 9.84 Å². The molecule has 0 bridgehead atoms. The van der Waals surface area contributed by atoms with Crippen molar-refractivity contribution in [3.05, 3.63) is 34.5 Å². The fourth-order valence-corrected chi connectivity index (χ4v) is 4.17. The van der Waals surface area contributed by atoms with Gasteiger partial charge in [0.15, 0.2) is 0 Å². The maximum absolute atomic E-state index is 13.6. The highest BCUT2D eigenvalue weighted by molar-refractivity contribution is 7.95. The van der Waals surface area contributed by atoms with E-state index < -0.39 is 15.7 Å². The van der Waals surface area contributed by atoms with Crippen molar-refractivity contribution in [3.63, 3.8) is 0 Å². The third-order valence-electron chi connectivity index (χ3n) is 3.53. The van der Waals surface area contributed by atoms with Gasteiger partial charge in [-0.15, -0.1) is 0 Å². The fourth-order valence-electron chi connectivity index (χ4n) is 2.56. The van der Waals surface area contributed by atoms with E-state index in [1.54, 1.807) is 0 Å². The van der Waals surface area contributed by atoms with Gasteiger partial charge in [-0.05, 0) is 44.1 Å². The molecule has 0 N–H and O–H groups in total. The first-order chi connectivity index (χ1) is 8.59. The largest absolute Gasteiger partial charge is 0.298 e. The Kier molecular flexibility index (Phi) is 2.75. The number of fused-ring (bicyclic) bond motifs is 1. The van der Waals surface area contributed by atoms with Crippen molar-refractivity contribution in [2.24, 2.45) is 0 Å². The fraction of sp³-hybridized carbons (Fsp3) is 0.385. The van der Waals surface area contributed by atoms with Gasteiger partial charge in [-0.2, -0.15) is 0 Å². The van der Waals surface area contributed by atoms with Crippen molar-refractivity contribution in [2.75, 3.05) is 19.6 Å². The Bertz CT molecular complexity index is 616. The summed E-state index contributed by atoms with van der Waals surface area (Å²) in [5, 5.41) is 0. The average Bonchev–Trinajstić information content (AvgIpc) is 2.90. The van der Waals surface area contributed by atoms with Crippen LogP contribution in [0, 0.1) is 5.82 Å². The summed E-state index contributed by atoms with van der Waals surface area (Å²) >= 11 is 0. The van der Waals surface area contributed by atoms with Gasteiger partial charge in [0, 0.05) is 12.1 Å². The normalized spacial score (nSPS) is 21.9. The van der Waals surface area contributed by atoms with Crippen LogP contribution in [0.5, 0.6) is 0 Å². The van der Waals surface area contributed by atoms with E-state index >= 15 is 0 Å². The topological polar surface area (TPSA) is 37.4 Å². The molecular weight excluding hydrogens is 253 g/mol. The average molecular weight is 267 g/mol. The zero-order valence-corrected chi connectivity index (χ0v) is 10.7. The number of rotatable bonds is 2. The van der Waals surface area contributed by atoms with Crippen LogP contribution >= 0.6 is 0 Å². The molecule has 0 unspecified atom stereocenters. The summed E-state index contributed by atoms with van der Waals surface area (Å²) in [6.07, 6.45) is 3.70. The molecule has 0 spiro atoms. The minimum absolute atomic E-state index is 0.108. The summed E-state index contributed by atoms with van der Waals surface area (Å²) in [7, 11) is -3.48. The molecule has 3 nitrogen and oxygen atoms in total. The molecule has 1 saturated heterocycles. The quantitative estimate of drug-likeness (QED) is 0.823. The molecule has 96 valence electrons. The molecule has 2 heterocycles. The second-order valence-electron chi connectivity index (χ2n) is 4.75. The van der Waals surface area contributed by atoms with E-state index in [9.17, 15) is 12.8 Å². The van der Waals surface area contributed by atoms with E-state index in [4.69, 9.17) is 0 Å². The summed E-state index contributed by atoms with van der Waals surface area (Å²) in [5.41, 5.74) is 0.215. The lowest BCUT2D eigenvalue weighted by Gasteiger charge is -2.14. The molecule has 18 heavy (non-hydrogen) atoms. The van der Waals surface area contributed by atoms with Crippen LogP contribution in [0.4, 0.5) is 4.39 Å². The van der Waals surface area contributed by atoms with Crippen LogP contribution in [0.1, 0.15) is 18.4 Å². The highest BCUT2D eigenvalue weighted by Crippen LogP contribution is 2.34. The van der Waals surface area contributed by atoms with Gasteiger partial charge in [-0.25, -0.2) is 12.8 Å². The van der Waals surface area contributed by atoms with Gasteiger partial charge in [0.25, 0.3) is 0 Å². The first-order valence-electron chi connectivity index (χ1n) is 6.05. The molecule has 3 rings (SSSR count).